The molecule has 4 aromatic carbocycles. The van der Waals surface area contributed by atoms with Crippen LogP contribution in [0.4, 0.5) is 0 Å². The van der Waals surface area contributed by atoms with Crippen LogP contribution in [0.5, 0.6) is 0 Å². The van der Waals surface area contributed by atoms with Gasteiger partial charge in [0.25, 0.3) is 0 Å². The van der Waals surface area contributed by atoms with Gasteiger partial charge in [0.05, 0.1) is 0 Å². The standard InChI is InChI=1S/C28H22O2Se/c1-19(29)21-11-15-23(16-12-21)25-7-3-5-9-27(25)31-28-10-6-4-8-26(28)24-17-13-22(14-18-24)20(2)30/h3-18H,1-2H3. The first-order valence-corrected chi connectivity index (χ1v) is 11.8. The summed E-state index contributed by atoms with van der Waals surface area (Å²) in [5.41, 5.74) is 6.08. The van der Waals surface area contributed by atoms with Crippen molar-refractivity contribution in [1.82, 2.24) is 0 Å². The van der Waals surface area contributed by atoms with Crippen molar-refractivity contribution in [3.8, 4) is 22.3 Å². The van der Waals surface area contributed by atoms with E-state index in [4.69, 9.17) is 0 Å². The van der Waals surface area contributed by atoms with Crippen molar-refractivity contribution >= 4 is 35.4 Å². The second kappa shape index (κ2) is 9.26. The Morgan fingerprint density at radius 3 is 1.23 bits per heavy atom. The third-order valence-electron chi connectivity index (χ3n) is 5.20. The van der Waals surface area contributed by atoms with E-state index in [2.05, 4.69) is 48.5 Å². The normalized spacial score (nSPS) is 10.6. The molecular formula is C28H22O2Se. The van der Waals surface area contributed by atoms with Gasteiger partial charge in [-0.05, 0) is 0 Å². The van der Waals surface area contributed by atoms with Gasteiger partial charge in [-0.1, -0.05) is 0 Å². The average molecular weight is 469 g/mol. The quantitative estimate of drug-likeness (QED) is 0.292. The number of carbonyl (C=O) groups is 2. The fraction of sp³-hybridized carbons (Fsp3) is 0.0714. The van der Waals surface area contributed by atoms with E-state index in [1.54, 1.807) is 13.8 Å². The summed E-state index contributed by atoms with van der Waals surface area (Å²) in [6.07, 6.45) is 0. The molecule has 0 aromatic heterocycles. The molecule has 0 unspecified atom stereocenters. The molecule has 0 aliphatic rings. The van der Waals surface area contributed by atoms with Crippen molar-refractivity contribution in [3.63, 3.8) is 0 Å². The minimum atomic E-state index is 0.0776. The Labute approximate surface area is 189 Å². The first-order chi connectivity index (χ1) is 15.0. The molecule has 0 amide bonds. The molecule has 0 bridgehead atoms. The second-order valence-electron chi connectivity index (χ2n) is 7.36. The Bertz CT molecular complexity index is 1140. The van der Waals surface area contributed by atoms with Crippen LogP contribution in [0.1, 0.15) is 34.6 Å². The number of hydrogen-bond donors (Lipinski definition) is 0. The van der Waals surface area contributed by atoms with Crippen molar-refractivity contribution in [2.24, 2.45) is 0 Å². The molecule has 152 valence electrons. The van der Waals surface area contributed by atoms with E-state index in [1.807, 2.05) is 48.5 Å². The molecule has 2 nitrogen and oxygen atoms in total. The number of hydrogen-bond acceptors (Lipinski definition) is 2. The van der Waals surface area contributed by atoms with E-state index in [0.717, 1.165) is 22.3 Å². The van der Waals surface area contributed by atoms with Crippen LogP contribution in [-0.2, 0) is 0 Å². The van der Waals surface area contributed by atoms with Crippen molar-refractivity contribution < 1.29 is 9.59 Å². The van der Waals surface area contributed by atoms with Crippen molar-refractivity contribution in [2.75, 3.05) is 0 Å². The molecule has 0 atom stereocenters. The van der Waals surface area contributed by atoms with Crippen LogP contribution in [0.3, 0.4) is 0 Å². The Balaban J connectivity index is 1.70. The molecule has 0 aliphatic carbocycles. The molecule has 0 heterocycles. The van der Waals surface area contributed by atoms with Crippen LogP contribution in [0, 0.1) is 0 Å². The van der Waals surface area contributed by atoms with Gasteiger partial charge in [-0.15, -0.1) is 0 Å². The van der Waals surface area contributed by atoms with E-state index < -0.39 is 0 Å². The Kier molecular flexibility index (Phi) is 6.27. The van der Waals surface area contributed by atoms with Crippen molar-refractivity contribution in [2.45, 2.75) is 13.8 Å². The van der Waals surface area contributed by atoms with E-state index in [0.29, 0.717) is 0 Å². The van der Waals surface area contributed by atoms with E-state index in [-0.39, 0.29) is 26.5 Å². The Hall–Kier alpha value is -3.26. The molecule has 0 radical (unpaired) electrons. The molecule has 0 fully saturated rings. The number of rotatable bonds is 6. The van der Waals surface area contributed by atoms with Gasteiger partial charge in [-0.25, -0.2) is 0 Å². The molecule has 0 saturated carbocycles. The summed E-state index contributed by atoms with van der Waals surface area (Å²) < 4.78 is 2.58. The topological polar surface area (TPSA) is 34.1 Å². The molecule has 3 heteroatoms. The molecule has 4 aromatic rings. The minimum absolute atomic E-state index is 0.0776. The van der Waals surface area contributed by atoms with Gasteiger partial charge >= 0.3 is 189 Å². The summed E-state index contributed by atoms with van der Waals surface area (Å²) in [6, 6.07) is 32.6. The molecule has 0 spiro atoms. The first-order valence-electron chi connectivity index (χ1n) is 10.1. The summed E-state index contributed by atoms with van der Waals surface area (Å²) in [7, 11) is 0. The van der Waals surface area contributed by atoms with Crippen LogP contribution in [0.2, 0.25) is 0 Å². The predicted molar refractivity (Wildman–Crippen MR) is 129 cm³/mol. The number of Topliss-reactive ketones (excluding diaryl/α,β-unsaturated/α-hetero) is 2. The summed E-state index contributed by atoms with van der Waals surface area (Å²) in [4.78, 5) is 23.2. The van der Waals surface area contributed by atoms with Gasteiger partial charge in [-0.3, -0.25) is 0 Å². The maximum atomic E-state index is 11.6. The van der Waals surface area contributed by atoms with E-state index in [9.17, 15) is 9.59 Å². The van der Waals surface area contributed by atoms with Gasteiger partial charge in [0.15, 0.2) is 0 Å². The predicted octanol–water partition coefficient (Wildman–Crippen LogP) is 5.08. The third kappa shape index (κ3) is 4.74. The van der Waals surface area contributed by atoms with Crippen LogP contribution < -0.4 is 8.92 Å². The Morgan fingerprint density at radius 1 is 0.516 bits per heavy atom. The molecule has 0 N–H and O–H groups in total. The van der Waals surface area contributed by atoms with Gasteiger partial charge < -0.3 is 0 Å². The Morgan fingerprint density at radius 2 is 0.871 bits per heavy atom. The fourth-order valence-corrected chi connectivity index (χ4v) is 5.83. The second-order valence-corrected chi connectivity index (χ2v) is 9.64. The van der Waals surface area contributed by atoms with Gasteiger partial charge in [0, 0.05) is 0 Å². The van der Waals surface area contributed by atoms with Crippen LogP contribution in [0.15, 0.2) is 97.1 Å². The van der Waals surface area contributed by atoms with Gasteiger partial charge in [0.2, 0.25) is 0 Å². The molecule has 31 heavy (non-hydrogen) atoms. The summed E-state index contributed by atoms with van der Waals surface area (Å²) in [6.45, 7) is 3.18. The van der Waals surface area contributed by atoms with Crippen molar-refractivity contribution in [1.29, 1.82) is 0 Å². The number of ketones is 2. The van der Waals surface area contributed by atoms with E-state index in [1.165, 1.54) is 20.1 Å². The zero-order valence-electron chi connectivity index (χ0n) is 17.5. The maximum absolute atomic E-state index is 11.6. The molecule has 4 rings (SSSR count). The number of carbonyl (C=O) groups excluding carboxylic acids is 2. The van der Waals surface area contributed by atoms with Crippen LogP contribution in [0.25, 0.3) is 22.3 Å². The zero-order valence-corrected chi connectivity index (χ0v) is 19.2. The van der Waals surface area contributed by atoms with Gasteiger partial charge in [0.1, 0.15) is 0 Å². The molecule has 0 saturated heterocycles. The van der Waals surface area contributed by atoms with E-state index >= 15 is 0 Å². The monoisotopic (exact) mass is 470 g/mol. The number of benzene rings is 4. The average Bonchev–Trinajstić information content (AvgIpc) is 2.80. The van der Waals surface area contributed by atoms with Crippen LogP contribution in [-0.4, -0.2) is 26.5 Å². The van der Waals surface area contributed by atoms with Crippen molar-refractivity contribution in [3.05, 3.63) is 108 Å². The zero-order chi connectivity index (χ0) is 21.8. The summed E-state index contributed by atoms with van der Waals surface area (Å²) in [5.74, 6) is 0.155. The SMILES string of the molecule is CC(=O)c1ccc(-c2ccccc2[Se]c2ccccc2-c2ccc(C(C)=O)cc2)cc1. The summed E-state index contributed by atoms with van der Waals surface area (Å²) in [5, 5.41) is 0. The van der Waals surface area contributed by atoms with Crippen LogP contribution >= 0.6 is 0 Å². The molecule has 0 aliphatic heterocycles. The third-order valence-corrected chi connectivity index (χ3v) is 7.62. The van der Waals surface area contributed by atoms with Gasteiger partial charge in [-0.2, -0.15) is 0 Å². The fourth-order valence-electron chi connectivity index (χ4n) is 3.48. The molecular weight excluding hydrogens is 447 g/mol. The summed E-state index contributed by atoms with van der Waals surface area (Å²) >= 11 is 0.0890. The first kappa shape index (κ1) is 21.0.